The molecule has 2 aromatic rings. The Morgan fingerprint density at radius 3 is 2.88 bits per heavy atom. The highest BCUT2D eigenvalue weighted by Crippen LogP contribution is 2.19. The van der Waals surface area contributed by atoms with Gasteiger partial charge in [0.2, 0.25) is 0 Å². The van der Waals surface area contributed by atoms with Gasteiger partial charge in [0, 0.05) is 29.0 Å². The molecule has 0 saturated carbocycles. The van der Waals surface area contributed by atoms with Gasteiger partial charge < -0.3 is 4.57 Å². The number of hydrogen-bond donors (Lipinski definition) is 0. The molecule has 0 atom stereocenters. The lowest BCUT2D eigenvalue weighted by Crippen LogP contribution is -2.01. The molecule has 2 rings (SSSR count). The quantitative estimate of drug-likeness (QED) is 0.726. The van der Waals surface area contributed by atoms with E-state index in [9.17, 15) is 9.70 Å². The molecule has 1 amide bonds. The van der Waals surface area contributed by atoms with E-state index in [1.807, 2.05) is 30.7 Å². The van der Waals surface area contributed by atoms with E-state index in [1.165, 1.54) is 6.20 Å². The van der Waals surface area contributed by atoms with Gasteiger partial charge in [-0.2, -0.15) is 0 Å². The number of aromatic nitrogens is 2. The van der Waals surface area contributed by atoms with Crippen molar-refractivity contribution in [2.24, 2.45) is 5.18 Å². The van der Waals surface area contributed by atoms with Gasteiger partial charge in [0.1, 0.15) is 5.65 Å². The Balaban J connectivity index is 2.57. The number of pyridine rings is 1. The zero-order valence-electron chi connectivity index (χ0n) is 9.04. The molecule has 5 heteroatoms. The Labute approximate surface area is 92.1 Å². The first-order valence-corrected chi connectivity index (χ1v) is 4.97. The van der Waals surface area contributed by atoms with Crippen LogP contribution in [0.5, 0.6) is 0 Å². The fourth-order valence-corrected chi connectivity index (χ4v) is 1.63. The van der Waals surface area contributed by atoms with Crippen LogP contribution in [-0.4, -0.2) is 15.5 Å². The number of rotatable bonds is 2. The summed E-state index contributed by atoms with van der Waals surface area (Å²) in [4.78, 5) is 25.4. The molecule has 2 heterocycles. The second-order valence-corrected chi connectivity index (χ2v) is 3.85. The molecular weight excluding hydrogens is 206 g/mol. The Hall–Kier alpha value is -2.04. The van der Waals surface area contributed by atoms with Crippen LogP contribution in [0.2, 0.25) is 0 Å². The minimum absolute atomic E-state index is 0.226. The van der Waals surface area contributed by atoms with Crippen molar-refractivity contribution in [1.82, 2.24) is 9.55 Å². The molecule has 2 aromatic heterocycles. The van der Waals surface area contributed by atoms with E-state index in [4.69, 9.17) is 0 Å². The van der Waals surface area contributed by atoms with Gasteiger partial charge in [0.15, 0.2) is 0 Å². The summed E-state index contributed by atoms with van der Waals surface area (Å²) in [6.45, 7) is 4.10. The molecule has 0 fully saturated rings. The second-order valence-electron chi connectivity index (χ2n) is 3.85. The first-order valence-electron chi connectivity index (χ1n) is 4.97. The van der Waals surface area contributed by atoms with Crippen molar-refractivity contribution in [2.75, 3.05) is 0 Å². The van der Waals surface area contributed by atoms with Gasteiger partial charge in [0.05, 0.1) is 5.56 Å². The third-order valence-electron chi connectivity index (χ3n) is 2.44. The largest absolute Gasteiger partial charge is 0.330 e. The lowest BCUT2D eigenvalue weighted by molar-refractivity contribution is 0.100. The fraction of sp³-hybridized carbons (Fsp3) is 0.273. The van der Waals surface area contributed by atoms with E-state index in [1.54, 1.807) is 6.07 Å². The molecule has 0 radical (unpaired) electrons. The van der Waals surface area contributed by atoms with Gasteiger partial charge in [-0.3, -0.25) is 4.79 Å². The van der Waals surface area contributed by atoms with E-state index < -0.39 is 5.91 Å². The van der Waals surface area contributed by atoms with Crippen LogP contribution in [0.15, 0.2) is 29.7 Å². The van der Waals surface area contributed by atoms with Crippen LogP contribution in [0.3, 0.4) is 0 Å². The summed E-state index contributed by atoms with van der Waals surface area (Å²) < 4.78 is 2.00. The summed E-state index contributed by atoms with van der Waals surface area (Å²) in [5.74, 6) is -0.785. The normalized spacial score (nSPS) is 10.9. The molecule has 0 aliphatic carbocycles. The molecule has 5 nitrogen and oxygen atoms in total. The first kappa shape index (κ1) is 10.5. The molecular formula is C11H11N3O2. The predicted molar refractivity (Wildman–Crippen MR) is 60.2 cm³/mol. The zero-order chi connectivity index (χ0) is 11.7. The summed E-state index contributed by atoms with van der Waals surface area (Å²) >= 11 is 0. The maximum absolute atomic E-state index is 11.1. The molecule has 0 saturated heterocycles. The highest BCUT2D eigenvalue weighted by molar-refractivity contribution is 5.97. The van der Waals surface area contributed by atoms with E-state index in [2.05, 4.69) is 10.2 Å². The van der Waals surface area contributed by atoms with Crippen molar-refractivity contribution in [3.63, 3.8) is 0 Å². The maximum Gasteiger partial charge on any atom is 0.318 e. The highest BCUT2D eigenvalue weighted by Gasteiger charge is 2.10. The fourth-order valence-electron chi connectivity index (χ4n) is 1.63. The summed E-state index contributed by atoms with van der Waals surface area (Å²) in [5.41, 5.74) is 1.03. The van der Waals surface area contributed by atoms with Crippen LogP contribution in [0.1, 0.15) is 30.2 Å². The lowest BCUT2D eigenvalue weighted by atomic mass is 10.2. The van der Waals surface area contributed by atoms with Crippen molar-refractivity contribution in [1.29, 1.82) is 0 Å². The minimum Gasteiger partial charge on any atom is -0.330 e. The Morgan fingerprint density at radius 2 is 2.25 bits per heavy atom. The maximum atomic E-state index is 11.1. The number of amides is 1. The third kappa shape index (κ3) is 1.60. The molecule has 0 aliphatic rings. The van der Waals surface area contributed by atoms with Crippen molar-refractivity contribution in [3.05, 3.63) is 35.0 Å². The highest BCUT2D eigenvalue weighted by atomic mass is 16.3. The Morgan fingerprint density at radius 1 is 1.50 bits per heavy atom. The molecule has 0 aliphatic heterocycles. The van der Waals surface area contributed by atoms with Crippen molar-refractivity contribution in [2.45, 2.75) is 19.9 Å². The van der Waals surface area contributed by atoms with Gasteiger partial charge in [-0.1, -0.05) is 0 Å². The number of nitrogens with zero attached hydrogens (tertiary/aromatic N) is 3. The molecule has 0 spiro atoms. The molecule has 16 heavy (non-hydrogen) atoms. The van der Waals surface area contributed by atoms with Gasteiger partial charge >= 0.3 is 5.91 Å². The average Bonchev–Trinajstić information content (AvgIpc) is 2.70. The SMILES string of the molecule is CC(C)n1ccc2cc(C(=O)N=O)cnc21. The summed E-state index contributed by atoms with van der Waals surface area (Å²) in [5, 5.41) is 3.21. The summed E-state index contributed by atoms with van der Waals surface area (Å²) in [6, 6.07) is 3.80. The number of hydrogen-bond acceptors (Lipinski definition) is 3. The molecule has 0 N–H and O–H groups in total. The van der Waals surface area contributed by atoms with Gasteiger partial charge in [-0.05, 0) is 26.0 Å². The van der Waals surface area contributed by atoms with Crippen LogP contribution in [0.4, 0.5) is 0 Å². The molecule has 82 valence electrons. The number of nitroso groups, excluding NO2 is 1. The number of carbonyl (C=O) groups is 1. The lowest BCUT2D eigenvalue weighted by Gasteiger charge is -2.07. The topological polar surface area (TPSA) is 64.3 Å². The zero-order valence-corrected chi connectivity index (χ0v) is 9.04. The van der Waals surface area contributed by atoms with E-state index in [-0.39, 0.29) is 5.56 Å². The number of carbonyl (C=O) groups excluding carboxylic acids is 1. The summed E-state index contributed by atoms with van der Waals surface area (Å²) in [7, 11) is 0. The van der Waals surface area contributed by atoms with E-state index in [0.29, 0.717) is 6.04 Å². The van der Waals surface area contributed by atoms with E-state index in [0.717, 1.165) is 11.0 Å². The minimum atomic E-state index is -0.785. The second kappa shape index (κ2) is 3.84. The predicted octanol–water partition coefficient (Wildman–Crippen LogP) is 2.52. The molecule has 0 bridgehead atoms. The van der Waals surface area contributed by atoms with Crippen LogP contribution in [-0.2, 0) is 0 Å². The van der Waals surface area contributed by atoms with Gasteiger partial charge in [0.25, 0.3) is 0 Å². The van der Waals surface area contributed by atoms with Crippen molar-refractivity contribution < 1.29 is 4.79 Å². The van der Waals surface area contributed by atoms with Crippen LogP contribution in [0, 0.1) is 4.91 Å². The van der Waals surface area contributed by atoms with Crippen molar-refractivity contribution >= 4 is 16.9 Å². The third-order valence-corrected chi connectivity index (χ3v) is 2.44. The first-order chi connectivity index (χ1) is 7.63. The van der Waals surface area contributed by atoms with Crippen LogP contribution >= 0.6 is 0 Å². The Kier molecular flexibility index (Phi) is 2.52. The van der Waals surface area contributed by atoms with Crippen molar-refractivity contribution in [3.8, 4) is 0 Å². The smallest absolute Gasteiger partial charge is 0.318 e. The summed E-state index contributed by atoms with van der Waals surface area (Å²) in [6.07, 6.45) is 3.29. The average molecular weight is 217 g/mol. The molecule has 0 aromatic carbocycles. The van der Waals surface area contributed by atoms with Crippen LogP contribution < -0.4 is 0 Å². The van der Waals surface area contributed by atoms with E-state index >= 15 is 0 Å². The van der Waals surface area contributed by atoms with Gasteiger partial charge in [-0.25, -0.2) is 4.98 Å². The number of fused-ring (bicyclic) bond motifs is 1. The standard InChI is InChI=1S/C11H11N3O2/c1-7(2)14-4-3-8-5-9(11(15)13-16)6-12-10(8)14/h3-7H,1-2H3. The van der Waals surface area contributed by atoms with Crippen LogP contribution in [0.25, 0.3) is 11.0 Å². The molecule has 0 unspecified atom stereocenters. The Bertz CT molecular complexity index is 557. The monoisotopic (exact) mass is 217 g/mol. The van der Waals surface area contributed by atoms with Gasteiger partial charge in [-0.15, -0.1) is 4.91 Å².